The number of rotatable bonds is 11. The third kappa shape index (κ3) is 5.44. The molecule has 1 heterocycles. The fourth-order valence-electron chi connectivity index (χ4n) is 2.95. The second kappa shape index (κ2) is 9.80. The zero-order chi connectivity index (χ0) is 16.6. The summed E-state index contributed by atoms with van der Waals surface area (Å²) in [5.74, 6) is -1.84. The van der Waals surface area contributed by atoms with Crippen LogP contribution in [0.2, 0.25) is 0 Å². The first kappa shape index (κ1) is 19.8. The van der Waals surface area contributed by atoms with Crippen LogP contribution in [0.25, 0.3) is 0 Å². The van der Waals surface area contributed by atoms with Crippen LogP contribution in [-0.2, 0) is 4.74 Å². The molecule has 0 unspecified atom stereocenters. The Morgan fingerprint density at radius 1 is 1.00 bits per heavy atom. The minimum Gasteiger partial charge on any atom is -0.394 e. The molecule has 1 aliphatic heterocycles. The number of unbranched alkanes of at least 4 members (excludes halogenated alkanes) is 7. The van der Waals surface area contributed by atoms with E-state index in [1.807, 2.05) is 0 Å². The van der Waals surface area contributed by atoms with Crippen LogP contribution in [0.5, 0.6) is 0 Å². The quantitative estimate of drug-likeness (QED) is 0.358. The van der Waals surface area contributed by atoms with Crippen molar-refractivity contribution in [1.29, 1.82) is 0 Å². The average Bonchev–Trinajstić information content (AvgIpc) is 2.74. The Kier molecular flexibility index (Phi) is 8.82. The van der Waals surface area contributed by atoms with Crippen LogP contribution in [-0.4, -0.2) is 62.3 Å². The first-order valence-corrected chi connectivity index (χ1v) is 8.51. The molecule has 0 aliphatic carbocycles. The molecule has 0 bridgehead atoms. The van der Waals surface area contributed by atoms with E-state index in [9.17, 15) is 20.4 Å². The van der Waals surface area contributed by atoms with Crippen LogP contribution >= 0.6 is 0 Å². The van der Waals surface area contributed by atoms with E-state index >= 15 is 0 Å². The molecule has 1 fully saturated rings. The minimum atomic E-state index is -1.84. The van der Waals surface area contributed by atoms with Gasteiger partial charge >= 0.3 is 0 Å². The minimum absolute atomic E-state index is 0.203. The molecule has 1 rings (SSSR count). The third-order valence-corrected chi connectivity index (χ3v) is 4.42. The molecule has 1 saturated heterocycles. The Morgan fingerprint density at radius 2 is 1.55 bits per heavy atom. The molecular formula is C16H32O6. The van der Waals surface area contributed by atoms with Crippen molar-refractivity contribution < 1.29 is 30.3 Å². The highest BCUT2D eigenvalue weighted by atomic mass is 16.7. The molecule has 1 aliphatic rings. The zero-order valence-corrected chi connectivity index (χ0v) is 13.5. The van der Waals surface area contributed by atoms with Crippen molar-refractivity contribution in [3.8, 4) is 0 Å². The average molecular weight is 320 g/mol. The molecule has 6 nitrogen and oxygen atoms in total. The lowest BCUT2D eigenvalue weighted by atomic mass is 9.97. The van der Waals surface area contributed by atoms with Crippen molar-refractivity contribution in [2.75, 3.05) is 6.61 Å². The van der Waals surface area contributed by atoms with E-state index in [-0.39, 0.29) is 6.42 Å². The van der Waals surface area contributed by atoms with Gasteiger partial charge in [0.2, 0.25) is 0 Å². The predicted octanol–water partition coefficient (Wildman–Crippen LogP) is 0.680. The predicted molar refractivity (Wildman–Crippen MR) is 82.2 cm³/mol. The summed E-state index contributed by atoms with van der Waals surface area (Å²) in [4.78, 5) is 0. The Labute approximate surface area is 132 Å². The van der Waals surface area contributed by atoms with Crippen LogP contribution in [0.15, 0.2) is 0 Å². The van der Waals surface area contributed by atoms with Gasteiger partial charge in [-0.25, -0.2) is 0 Å². The molecule has 0 aromatic rings. The van der Waals surface area contributed by atoms with E-state index in [1.165, 1.54) is 25.7 Å². The fourth-order valence-corrected chi connectivity index (χ4v) is 2.95. The summed E-state index contributed by atoms with van der Waals surface area (Å²) in [7, 11) is 0. The van der Waals surface area contributed by atoms with E-state index in [0.29, 0.717) is 6.42 Å². The van der Waals surface area contributed by atoms with Crippen molar-refractivity contribution in [3.63, 3.8) is 0 Å². The molecule has 132 valence electrons. The van der Waals surface area contributed by atoms with E-state index < -0.39 is 36.8 Å². The van der Waals surface area contributed by atoms with Crippen LogP contribution in [0.4, 0.5) is 0 Å². The second-order valence-electron chi connectivity index (χ2n) is 6.34. The lowest BCUT2D eigenvalue weighted by molar-refractivity contribution is -0.242. The lowest BCUT2D eigenvalue weighted by Crippen LogP contribution is -2.43. The summed E-state index contributed by atoms with van der Waals surface area (Å²) >= 11 is 0. The largest absolute Gasteiger partial charge is 0.394 e. The Balaban J connectivity index is 2.26. The van der Waals surface area contributed by atoms with Crippen LogP contribution in [0.1, 0.15) is 64.7 Å². The maximum absolute atomic E-state index is 10.3. The van der Waals surface area contributed by atoms with E-state index in [1.54, 1.807) is 0 Å². The molecule has 0 amide bonds. The summed E-state index contributed by atoms with van der Waals surface area (Å²) in [6, 6.07) is 0. The topological polar surface area (TPSA) is 110 Å². The van der Waals surface area contributed by atoms with Crippen LogP contribution in [0.3, 0.4) is 0 Å². The maximum atomic E-state index is 10.3. The van der Waals surface area contributed by atoms with Gasteiger partial charge in [-0.05, 0) is 6.42 Å². The number of hydrogen-bond donors (Lipinski definition) is 5. The Morgan fingerprint density at radius 3 is 2.09 bits per heavy atom. The molecule has 6 heteroatoms. The van der Waals surface area contributed by atoms with Gasteiger partial charge in [0.05, 0.1) is 6.61 Å². The molecule has 5 atom stereocenters. The molecule has 22 heavy (non-hydrogen) atoms. The number of hydrogen-bond acceptors (Lipinski definition) is 6. The Hall–Kier alpha value is -0.240. The normalized spacial score (nSPS) is 33.3. The van der Waals surface area contributed by atoms with Crippen LogP contribution in [0, 0.1) is 0 Å². The van der Waals surface area contributed by atoms with Gasteiger partial charge in [-0.1, -0.05) is 51.9 Å². The Bertz CT molecular complexity index is 300. The van der Waals surface area contributed by atoms with Gasteiger partial charge < -0.3 is 30.3 Å². The summed E-state index contributed by atoms with van der Waals surface area (Å²) in [5, 5.41) is 48.5. The van der Waals surface area contributed by atoms with Crippen molar-refractivity contribution >= 4 is 0 Å². The molecule has 0 aromatic carbocycles. The van der Waals surface area contributed by atoms with Gasteiger partial charge in [-0.3, -0.25) is 0 Å². The molecule has 0 spiro atoms. The van der Waals surface area contributed by atoms with Gasteiger partial charge in [0.25, 0.3) is 0 Å². The van der Waals surface area contributed by atoms with Crippen molar-refractivity contribution in [1.82, 2.24) is 0 Å². The third-order valence-electron chi connectivity index (χ3n) is 4.42. The van der Waals surface area contributed by atoms with Crippen molar-refractivity contribution in [3.05, 3.63) is 0 Å². The summed E-state index contributed by atoms with van der Waals surface area (Å²) < 4.78 is 5.23. The van der Waals surface area contributed by atoms with Crippen LogP contribution < -0.4 is 0 Å². The summed E-state index contributed by atoms with van der Waals surface area (Å²) in [5.41, 5.74) is 0. The maximum Gasteiger partial charge on any atom is 0.195 e. The summed E-state index contributed by atoms with van der Waals surface area (Å²) in [6.07, 6.45) is 3.66. The second-order valence-corrected chi connectivity index (χ2v) is 6.34. The first-order chi connectivity index (χ1) is 10.5. The first-order valence-electron chi connectivity index (χ1n) is 8.51. The smallest absolute Gasteiger partial charge is 0.195 e. The van der Waals surface area contributed by atoms with Gasteiger partial charge in [-0.15, -0.1) is 0 Å². The highest BCUT2D eigenvalue weighted by Crippen LogP contribution is 2.34. The number of aliphatic hydroxyl groups is 5. The van der Waals surface area contributed by atoms with Crippen molar-refractivity contribution in [2.24, 2.45) is 0 Å². The highest BCUT2D eigenvalue weighted by Gasteiger charge is 2.54. The molecule has 5 N–H and O–H groups in total. The molecule has 0 aromatic heterocycles. The highest BCUT2D eigenvalue weighted by molar-refractivity contribution is 4.97. The zero-order valence-electron chi connectivity index (χ0n) is 13.5. The number of aliphatic hydroxyl groups excluding tert-OH is 4. The van der Waals surface area contributed by atoms with Crippen molar-refractivity contribution in [2.45, 2.75) is 94.9 Å². The number of ether oxygens (including phenoxy) is 1. The van der Waals surface area contributed by atoms with Gasteiger partial charge in [0.1, 0.15) is 24.4 Å². The van der Waals surface area contributed by atoms with E-state index in [0.717, 1.165) is 19.3 Å². The van der Waals surface area contributed by atoms with E-state index in [4.69, 9.17) is 9.84 Å². The standard InChI is InChI=1S/C16H32O6/c1-2-3-4-5-6-7-8-9-10-16(21)15(20)13(19)14(22-16)12(18)11-17/h12-15,17-21H,2-11H2,1H3/t12-,13-,14+,15-,16-/m1/s1. The molecular weight excluding hydrogens is 288 g/mol. The van der Waals surface area contributed by atoms with Gasteiger partial charge in [0.15, 0.2) is 5.79 Å². The fraction of sp³-hybridized carbons (Fsp3) is 1.00. The molecule has 0 saturated carbocycles. The SMILES string of the molecule is CCCCCCCCCC[C@@]1(O)O[C@@H]([C@H](O)CO)[C@@H](O)[C@H]1O. The van der Waals surface area contributed by atoms with E-state index in [2.05, 4.69) is 6.92 Å². The lowest BCUT2D eigenvalue weighted by Gasteiger charge is -2.26. The van der Waals surface area contributed by atoms with Gasteiger partial charge in [0, 0.05) is 6.42 Å². The van der Waals surface area contributed by atoms with Gasteiger partial charge in [-0.2, -0.15) is 0 Å². The summed E-state index contributed by atoms with van der Waals surface area (Å²) in [6.45, 7) is 1.59. The monoisotopic (exact) mass is 320 g/mol. The molecule has 0 radical (unpaired) electrons.